The second-order valence-electron chi connectivity index (χ2n) is 6.14. The lowest BCUT2D eigenvalue weighted by atomic mass is 10.1. The van der Waals surface area contributed by atoms with E-state index in [9.17, 15) is 9.59 Å². The Hall–Kier alpha value is -2.45. The molecule has 2 aromatic carbocycles. The second kappa shape index (κ2) is 6.94. The molecule has 0 spiro atoms. The Morgan fingerprint density at radius 3 is 2.59 bits per heavy atom. The van der Waals surface area contributed by atoms with Crippen LogP contribution in [-0.4, -0.2) is 36.0 Å². The molecule has 0 aromatic heterocycles. The van der Waals surface area contributed by atoms with Crippen molar-refractivity contribution in [1.29, 1.82) is 0 Å². The standard InChI is InChI=1S/C18H14BrClN4O3/c1-27-13-6-7-14(19)10(8-13)9-23-16-15(21-22-23)17(25)24(18(16)26)12-4-2-11(20)3-5-12/h2-8,15-16H,9H2,1H3. The van der Waals surface area contributed by atoms with Gasteiger partial charge in [-0.1, -0.05) is 32.8 Å². The van der Waals surface area contributed by atoms with Gasteiger partial charge in [-0.3, -0.25) is 14.6 Å². The summed E-state index contributed by atoms with van der Waals surface area (Å²) in [5, 5.41) is 10.2. The lowest BCUT2D eigenvalue weighted by Crippen LogP contribution is -2.39. The number of imide groups is 1. The van der Waals surface area contributed by atoms with Crippen LogP contribution >= 0.6 is 27.5 Å². The van der Waals surface area contributed by atoms with Crippen molar-refractivity contribution in [3.8, 4) is 5.75 Å². The molecule has 4 rings (SSSR count). The quantitative estimate of drug-likeness (QED) is 0.669. The first-order chi connectivity index (χ1) is 13.0. The number of methoxy groups -OCH3 is 1. The van der Waals surface area contributed by atoms with E-state index in [-0.39, 0.29) is 11.8 Å². The van der Waals surface area contributed by atoms with Crippen molar-refractivity contribution in [2.24, 2.45) is 10.3 Å². The van der Waals surface area contributed by atoms with E-state index >= 15 is 0 Å². The fraction of sp³-hybridized carbons (Fsp3) is 0.222. The maximum atomic E-state index is 13.0. The molecule has 1 saturated heterocycles. The van der Waals surface area contributed by atoms with E-state index in [0.29, 0.717) is 23.0 Å². The highest BCUT2D eigenvalue weighted by molar-refractivity contribution is 9.10. The average molecular weight is 450 g/mol. The Bertz CT molecular complexity index is 950. The maximum Gasteiger partial charge on any atom is 0.263 e. The van der Waals surface area contributed by atoms with Crippen LogP contribution in [0.4, 0.5) is 5.69 Å². The van der Waals surface area contributed by atoms with Gasteiger partial charge in [-0.15, -0.1) is 0 Å². The van der Waals surface area contributed by atoms with Crippen molar-refractivity contribution in [2.45, 2.75) is 18.6 Å². The van der Waals surface area contributed by atoms with E-state index < -0.39 is 12.1 Å². The first-order valence-corrected chi connectivity index (χ1v) is 9.30. The van der Waals surface area contributed by atoms with Gasteiger partial charge in [0.25, 0.3) is 11.8 Å². The highest BCUT2D eigenvalue weighted by Gasteiger charge is 2.54. The Balaban J connectivity index is 1.61. The van der Waals surface area contributed by atoms with Crippen LogP contribution in [0.3, 0.4) is 0 Å². The molecule has 0 saturated carbocycles. The van der Waals surface area contributed by atoms with Crippen molar-refractivity contribution < 1.29 is 14.3 Å². The van der Waals surface area contributed by atoms with E-state index in [4.69, 9.17) is 16.3 Å². The zero-order chi connectivity index (χ0) is 19.1. The third kappa shape index (κ3) is 3.08. The summed E-state index contributed by atoms with van der Waals surface area (Å²) < 4.78 is 6.11. The van der Waals surface area contributed by atoms with Crippen LogP contribution in [0, 0.1) is 0 Å². The number of amides is 2. The van der Waals surface area contributed by atoms with Gasteiger partial charge in [0, 0.05) is 9.50 Å². The summed E-state index contributed by atoms with van der Waals surface area (Å²) in [4.78, 5) is 26.8. The molecule has 138 valence electrons. The first-order valence-electron chi connectivity index (χ1n) is 8.13. The van der Waals surface area contributed by atoms with Gasteiger partial charge in [-0.25, -0.2) is 4.90 Å². The number of rotatable bonds is 4. The lowest BCUT2D eigenvalue weighted by Gasteiger charge is -2.21. The van der Waals surface area contributed by atoms with Gasteiger partial charge in [0.2, 0.25) is 0 Å². The SMILES string of the molecule is COc1ccc(Br)c(CN2N=NC3C(=O)N(c4ccc(Cl)cc4)C(=O)C32)c1. The van der Waals surface area contributed by atoms with Gasteiger partial charge in [0.1, 0.15) is 5.75 Å². The molecule has 9 heteroatoms. The molecule has 7 nitrogen and oxygen atoms in total. The van der Waals surface area contributed by atoms with Crippen molar-refractivity contribution in [3.63, 3.8) is 0 Å². The minimum absolute atomic E-state index is 0.315. The monoisotopic (exact) mass is 448 g/mol. The van der Waals surface area contributed by atoms with Gasteiger partial charge in [0.15, 0.2) is 12.1 Å². The molecular formula is C18H14BrClN4O3. The van der Waals surface area contributed by atoms with E-state index in [2.05, 4.69) is 26.3 Å². The molecule has 2 aromatic rings. The van der Waals surface area contributed by atoms with Gasteiger partial charge in [-0.05, 0) is 48.0 Å². The van der Waals surface area contributed by atoms with Crippen LogP contribution in [-0.2, 0) is 16.1 Å². The molecule has 2 heterocycles. The zero-order valence-corrected chi connectivity index (χ0v) is 16.5. The van der Waals surface area contributed by atoms with Gasteiger partial charge in [0.05, 0.1) is 19.3 Å². The molecule has 0 aliphatic carbocycles. The highest BCUT2D eigenvalue weighted by atomic mass is 79.9. The predicted octanol–water partition coefficient (Wildman–Crippen LogP) is 3.60. The Morgan fingerprint density at radius 2 is 1.89 bits per heavy atom. The number of hydrogen-bond acceptors (Lipinski definition) is 6. The normalized spacial score (nSPS) is 21.1. The van der Waals surface area contributed by atoms with Gasteiger partial charge in [-0.2, -0.15) is 5.11 Å². The lowest BCUT2D eigenvalue weighted by molar-refractivity contribution is -0.123. The largest absolute Gasteiger partial charge is 0.497 e. The third-order valence-corrected chi connectivity index (χ3v) is 5.55. The Morgan fingerprint density at radius 1 is 1.15 bits per heavy atom. The molecule has 0 radical (unpaired) electrons. The van der Waals surface area contributed by atoms with Gasteiger partial charge >= 0.3 is 0 Å². The van der Waals surface area contributed by atoms with Crippen molar-refractivity contribution >= 4 is 45.0 Å². The summed E-state index contributed by atoms with van der Waals surface area (Å²) in [6.45, 7) is 0.315. The number of carbonyl (C=O) groups excluding carboxylic acids is 2. The van der Waals surface area contributed by atoms with Crippen LogP contribution in [0.15, 0.2) is 57.3 Å². The van der Waals surface area contributed by atoms with Crippen molar-refractivity contribution in [3.05, 3.63) is 57.5 Å². The van der Waals surface area contributed by atoms with Crippen LogP contribution < -0.4 is 9.64 Å². The Labute approximate surface area is 168 Å². The molecule has 2 aliphatic heterocycles. The fourth-order valence-corrected chi connectivity index (χ4v) is 3.67. The average Bonchev–Trinajstić information content (AvgIpc) is 3.18. The molecule has 0 N–H and O–H groups in total. The highest BCUT2D eigenvalue weighted by Crippen LogP contribution is 2.34. The number of fused-ring (bicyclic) bond motifs is 1. The zero-order valence-electron chi connectivity index (χ0n) is 14.2. The molecule has 0 bridgehead atoms. The number of hydrogen-bond donors (Lipinski definition) is 0. The topological polar surface area (TPSA) is 74.6 Å². The van der Waals surface area contributed by atoms with Crippen LogP contribution in [0.5, 0.6) is 5.75 Å². The van der Waals surface area contributed by atoms with Crippen LogP contribution in [0.25, 0.3) is 0 Å². The molecule has 2 unspecified atom stereocenters. The molecule has 1 fully saturated rings. The van der Waals surface area contributed by atoms with Crippen LogP contribution in [0.2, 0.25) is 5.02 Å². The molecule has 2 amide bonds. The first kappa shape index (κ1) is 17.9. The van der Waals surface area contributed by atoms with Crippen molar-refractivity contribution in [2.75, 3.05) is 12.0 Å². The Kier molecular flexibility index (Phi) is 4.61. The molecule has 2 aliphatic rings. The van der Waals surface area contributed by atoms with Crippen molar-refractivity contribution in [1.82, 2.24) is 5.01 Å². The number of nitrogens with zero attached hydrogens (tertiary/aromatic N) is 4. The van der Waals surface area contributed by atoms with E-state index in [1.165, 1.54) is 0 Å². The molecule has 27 heavy (non-hydrogen) atoms. The fourth-order valence-electron chi connectivity index (χ4n) is 3.17. The maximum absolute atomic E-state index is 13.0. The second-order valence-corrected chi connectivity index (χ2v) is 7.43. The third-order valence-electron chi connectivity index (χ3n) is 4.53. The summed E-state index contributed by atoms with van der Waals surface area (Å²) in [6, 6.07) is 10.5. The summed E-state index contributed by atoms with van der Waals surface area (Å²) >= 11 is 9.39. The summed E-state index contributed by atoms with van der Waals surface area (Å²) in [5.74, 6) is -0.0443. The van der Waals surface area contributed by atoms with Crippen LogP contribution in [0.1, 0.15) is 5.56 Å². The summed E-state index contributed by atoms with van der Waals surface area (Å²) in [6.07, 6.45) is 0. The number of benzene rings is 2. The number of carbonyl (C=O) groups is 2. The van der Waals surface area contributed by atoms with E-state index in [1.54, 1.807) is 36.4 Å². The molecular weight excluding hydrogens is 436 g/mol. The summed E-state index contributed by atoms with van der Waals surface area (Å²) in [5.41, 5.74) is 1.35. The van der Waals surface area contributed by atoms with Gasteiger partial charge < -0.3 is 4.74 Å². The minimum atomic E-state index is -0.836. The smallest absolute Gasteiger partial charge is 0.263 e. The number of halogens is 2. The minimum Gasteiger partial charge on any atom is -0.497 e. The number of ether oxygens (including phenoxy) is 1. The summed E-state index contributed by atoms with van der Waals surface area (Å²) in [7, 11) is 1.59. The van der Waals surface area contributed by atoms with E-state index in [0.717, 1.165) is 14.9 Å². The molecule has 2 atom stereocenters. The predicted molar refractivity (Wildman–Crippen MR) is 103 cm³/mol. The van der Waals surface area contributed by atoms with E-state index in [1.807, 2.05) is 18.2 Å². The number of anilines is 1.